The lowest BCUT2D eigenvalue weighted by Gasteiger charge is -2.14. The third-order valence-corrected chi connectivity index (χ3v) is 3.41. The van der Waals surface area contributed by atoms with Crippen LogP contribution in [-0.4, -0.2) is 11.3 Å². The van der Waals surface area contributed by atoms with Crippen LogP contribution < -0.4 is 10.5 Å². The number of alkyl halides is 3. The Kier molecular flexibility index (Phi) is 4.87. The second-order valence-corrected chi connectivity index (χ2v) is 4.92. The van der Waals surface area contributed by atoms with Gasteiger partial charge in [-0.15, -0.1) is 25.6 Å². The van der Waals surface area contributed by atoms with Gasteiger partial charge in [0.15, 0.2) is 0 Å². The number of H-pyrrole nitrogens is 1. The Morgan fingerprint density at radius 1 is 0.957 bits per heavy atom. The molecule has 3 N–H and O–H groups in total. The largest absolute Gasteiger partial charge is 0.573 e. The van der Waals surface area contributed by atoms with Crippen molar-refractivity contribution in [3.05, 3.63) is 65.9 Å². The summed E-state index contributed by atoms with van der Waals surface area (Å²) in [6, 6.07) is 12.9. The lowest BCUT2D eigenvalue weighted by molar-refractivity contribution is -0.274. The molecule has 2 aromatic carbocycles. The van der Waals surface area contributed by atoms with Crippen molar-refractivity contribution >= 4 is 23.3 Å². The summed E-state index contributed by atoms with van der Waals surface area (Å²) in [5.41, 5.74) is 8.72. The SMILES string of the molecule is Cl.N[C@H](c1ccc(OC(F)(F)F)cc1)c1ccc2cc[nH]c2c1. The fourth-order valence-corrected chi connectivity index (χ4v) is 2.33. The highest BCUT2D eigenvalue weighted by Gasteiger charge is 2.31. The maximum Gasteiger partial charge on any atom is 0.573 e. The van der Waals surface area contributed by atoms with Crippen LogP contribution in [0.1, 0.15) is 17.2 Å². The molecule has 0 amide bonds. The summed E-state index contributed by atoms with van der Waals surface area (Å²) in [4.78, 5) is 3.10. The number of rotatable bonds is 3. The number of ether oxygens (including phenoxy) is 1. The quantitative estimate of drug-likeness (QED) is 0.734. The van der Waals surface area contributed by atoms with Gasteiger partial charge in [-0.1, -0.05) is 24.3 Å². The predicted octanol–water partition coefficient (Wildman–Crippen LogP) is 4.54. The van der Waals surface area contributed by atoms with Crippen LogP contribution in [0.25, 0.3) is 10.9 Å². The predicted molar refractivity (Wildman–Crippen MR) is 84.7 cm³/mol. The summed E-state index contributed by atoms with van der Waals surface area (Å²) >= 11 is 0. The highest BCUT2D eigenvalue weighted by atomic mass is 35.5. The van der Waals surface area contributed by atoms with Crippen LogP contribution in [0.15, 0.2) is 54.7 Å². The fraction of sp³-hybridized carbons (Fsp3) is 0.125. The topological polar surface area (TPSA) is 51.0 Å². The number of aromatic amines is 1. The maximum absolute atomic E-state index is 12.1. The first-order chi connectivity index (χ1) is 10.4. The van der Waals surface area contributed by atoms with E-state index < -0.39 is 12.4 Å². The van der Waals surface area contributed by atoms with E-state index in [0.29, 0.717) is 5.56 Å². The summed E-state index contributed by atoms with van der Waals surface area (Å²) in [5.74, 6) is -0.261. The molecule has 0 fully saturated rings. The Bertz CT molecular complexity index is 784. The molecular weight excluding hydrogens is 329 g/mol. The van der Waals surface area contributed by atoms with E-state index in [-0.39, 0.29) is 18.2 Å². The molecule has 1 aromatic heterocycles. The third-order valence-electron chi connectivity index (χ3n) is 3.41. The lowest BCUT2D eigenvalue weighted by atomic mass is 9.99. The molecule has 0 radical (unpaired) electrons. The van der Waals surface area contributed by atoms with Crippen molar-refractivity contribution in [2.45, 2.75) is 12.4 Å². The number of halogens is 4. The molecule has 23 heavy (non-hydrogen) atoms. The minimum absolute atomic E-state index is 0. The monoisotopic (exact) mass is 342 g/mol. The van der Waals surface area contributed by atoms with Gasteiger partial charge in [-0.2, -0.15) is 0 Å². The van der Waals surface area contributed by atoms with Crippen molar-refractivity contribution in [1.29, 1.82) is 0 Å². The minimum atomic E-state index is -4.69. The van der Waals surface area contributed by atoms with E-state index in [2.05, 4.69) is 9.72 Å². The van der Waals surface area contributed by atoms with Gasteiger partial charge in [-0.25, -0.2) is 0 Å². The number of hydrogen-bond donors (Lipinski definition) is 2. The van der Waals surface area contributed by atoms with Gasteiger partial charge >= 0.3 is 6.36 Å². The number of nitrogens with one attached hydrogen (secondary N) is 1. The smallest absolute Gasteiger partial charge is 0.406 e. The van der Waals surface area contributed by atoms with E-state index >= 15 is 0 Å². The molecule has 0 aliphatic heterocycles. The summed E-state index contributed by atoms with van der Waals surface area (Å²) in [7, 11) is 0. The highest BCUT2D eigenvalue weighted by molar-refractivity contribution is 5.85. The molecule has 3 nitrogen and oxygen atoms in total. The fourth-order valence-electron chi connectivity index (χ4n) is 2.33. The van der Waals surface area contributed by atoms with E-state index in [4.69, 9.17) is 5.73 Å². The molecule has 0 unspecified atom stereocenters. The van der Waals surface area contributed by atoms with Crippen molar-refractivity contribution in [1.82, 2.24) is 4.98 Å². The number of hydrogen-bond acceptors (Lipinski definition) is 2. The van der Waals surface area contributed by atoms with Crippen LogP contribution in [0.3, 0.4) is 0 Å². The van der Waals surface area contributed by atoms with E-state index in [1.54, 1.807) is 0 Å². The normalized spacial score (nSPS) is 12.7. The molecule has 1 heterocycles. The third kappa shape index (κ3) is 3.97. The molecule has 0 aliphatic carbocycles. The number of fused-ring (bicyclic) bond motifs is 1. The number of nitrogens with two attached hydrogens (primary N) is 1. The van der Waals surface area contributed by atoms with Crippen LogP contribution in [0.4, 0.5) is 13.2 Å². The summed E-state index contributed by atoms with van der Waals surface area (Å²) in [6.45, 7) is 0. The van der Waals surface area contributed by atoms with E-state index in [1.165, 1.54) is 24.3 Å². The van der Waals surface area contributed by atoms with E-state index in [1.807, 2.05) is 30.5 Å². The van der Waals surface area contributed by atoms with Gasteiger partial charge in [0.2, 0.25) is 0 Å². The van der Waals surface area contributed by atoms with Crippen LogP contribution in [0.2, 0.25) is 0 Å². The molecule has 0 aliphatic rings. The Hall–Kier alpha value is -2.18. The molecule has 0 saturated heterocycles. The minimum Gasteiger partial charge on any atom is -0.406 e. The summed E-state index contributed by atoms with van der Waals surface area (Å²) in [5, 5.41) is 1.07. The van der Waals surface area contributed by atoms with E-state index in [9.17, 15) is 13.2 Å². The second-order valence-electron chi connectivity index (χ2n) is 4.92. The van der Waals surface area contributed by atoms with Crippen LogP contribution in [-0.2, 0) is 0 Å². The van der Waals surface area contributed by atoms with Crippen LogP contribution >= 0.6 is 12.4 Å². The molecule has 0 saturated carbocycles. The molecule has 7 heteroatoms. The maximum atomic E-state index is 12.1. The van der Waals surface area contributed by atoms with Crippen molar-refractivity contribution in [2.24, 2.45) is 5.73 Å². The van der Waals surface area contributed by atoms with Crippen LogP contribution in [0.5, 0.6) is 5.75 Å². The standard InChI is InChI=1S/C16H13F3N2O.ClH/c17-16(18,19)22-13-5-3-11(4-6-13)15(20)12-2-1-10-7-8-21-14(10)9-12;/h1-9,15,21H,20H2;1H/t15-;/m1./s1. The molecule has 3 aromatic rings. The zero-order chi connectivity index (χ0) is 15.7. The van der Waals surface area contributed by atoms with Gasteiger partial charge in [0, 0.05) is 11.7 Å². The highest BCUT2D eigenvalue weighted by Crippen LogP contribution is 2.27. The van der Waals surface area contributed by atoms with Gasteiger partial charge in [-0.3, -0.25) is 0 Å². The van der Waals surface area contributed by atoms with Gasteiger partial charge in [0.25, 0.3) is 0 Å². The Morgan fingerprint density at radius 2 is 1.61 bits per heavy atom. The van der Waals surface area contributed by atoms with Crippen molar-refractivity contribution in [3.63, 3.8) is 0 Å². The Labute approximate surface area is 136 Å². The van der Waals surface area contributed by atoms with E-state index in [0.717, 1.165) is 16.5 Å². The first kappa shape index (κ1) is 17.2. The molecule has 0 spiro atoms. The van der Waals surface area contributed by atoms with Gasteiger partial charge in [-0.05, 0) is 40.8 Å². The van der Waals surface area contributed by atoms with Gasteiger partial charge < -0.3 is 15.5 Å². The molecule has 3 rings (SSSR count). The first-order valence-electron chi connectivity index (χ1n) is 6.61. The number of benzene rings is 2. The second kappa shape index (κ2) is 6.52. The molecule has 1 atom stereocenters. The van der Waals surface area contributed by atoms with Crippen molar-refractivity contribution < 1.29 is 17.9 Å². The Balaban J connectivity index is 0.00000192. The average Bonchev–Trinajstić information content (AvgIpc) is 2.93. The summed E-state index contributed by atoms with van der Waals surface area (Å²) < 4.78 is 40.2. The molecule has 122 valence electrons. The summed E-state index contributed by atoms with van der Waals surface area (Å²) in [6.07, 6.45) is -2.86. The average molecular weight is 343 g/mol. The lowest BCUT2D eigenvalue weighted by Crippen LogP contribution is -2.17. The zero-order valence-corrected chi connectivity index (χ0v) is 12.6. The molecule has 0 bridgehead atoms. The first-order valence-corrected chi connectivity index (χ1v) is 6.61. The van der Waals surface area contributed by atoms with Crippen molar-refractivity contribution in [3.8, 4) is 5.75 Å². The molecular formula is C16H14ClF3N2O. The Morgan fingerprint density at radius 3 is 2.26 bits per heavy atom. The van der Waals surface area contributed by atoms with Crippen molar-refractivity contribution in [2.75, 3.05) is 0 Å². The van der Waals surface area contributed by atoms with Gasteiger partial charge in [0.1, 0.15) is 5.75 Å². The van der Waals surface area contributed by atoms with Crippen LogP contribution in [0, 0.1) is 0 Å². The zero-order valence-electron chi connectivity index (χ0n) is 11.8. The van der Waals surface area contributed by atoms with Gasteiger partial charge in [0.05, 0.1) is 6.04 Å². The number of aromatic nitrogens is 1.